The summed E-state index contributed by atoms with van der Waals surface area (Å²) >= 11 is 0. The largest absolute Gasteiger partial charge is 0.318 e. The number of imidazole rings is 1. The lowest BCUT2D eigenvalue weighted by Gasteiger charge is -2.07. The fourth-order valence-electron chi connectivity index (χ4n) is 2.54. The molecule has 0 atom stereocenters. The van der Waals surface area contributed by atoms with Crippen molar-refractivity contribution in [2.45, 2.75) is 18.9 Å². The second-order valence-electron chi connectivity index (χ2n) is 5.03. The molecule has 3 nitrogen and oxygen atoms in total. The summed E-state index contributed by atoms with van der Waals surface area (Å²) in [5, 5.41) is 0. The SMILES string of the molecule is Fc1cc(F)c2c(c1)nc(-c1cccnc1)n2C1CC1. The van der Waals surface area contributed by atoms with E-state index in [1.54, 1.807) is 12.4 Å². The Morgan fingerprint density at radius 2 is 2.05 bits per heavy atom. The number of nitrogens with zero attached hydrogens (tertiary/aromatic N) is 3. The van der Waals surface area contributed by atoms with E-state index in [1.165, 1.54) is 6.07 Å². The highest BCUT2D eigenvalue weighted by Gasteiger charge is 2.30. The van der Waals surface area contributed by atoms with Gasteiger partial charge in [0.25, 0.3) is 0 Å². The number of benzene rings is 1. The van der Waals surface area contributed by atoms with Gasteiger partial charge in [0.1, 0.15) is 17.2 Å². The van der Waals surface area contributed by atoms with Crippen molar-refractivity contribution >= 4 is 11.0 Å². The quantitative estimate of drug-likeness (QED) is 0.711. The van der Waals surface area contributed by atoms with E-state index in [4.69, 9.17) is 0 Å². The molecule has 4 rings (SSSR count). The molecule has 5 heteroatoms. The van der Waals surface area contributed by atoms with Crippen molar-refractivity contribution in [3.05, 3.63) is 48.3 Å². The summed E-state index contributed by atoms with van der Waals surface area (Å²) < 4.78 is 29.3. The van der Waals surface area contributed by atoms with Crippen molar-refractivity contribution in [1.29, 1.82) is 0 Å². The summed E-state index contributed by atoms with van der Waals surface area (Å²) in [4.78, 5) is 8.48. The Hall–Kier alpha value is -2.30. The van der Waals surface area contributed by atoms with Gasteiger partial charge in [-0.1, -0.05) is 0 Å². The van der Waals surface area contributed by atoms with Crippen LogP contribution in [0, 0.1) is 11.6 Å². The fourth-order valence-corrected chi connectivity index (χ4v) is 2.54. The molecule has 1 aromatic carbocycles. The van der Waals surface area contributed by atoms with Crippen molar-refractivity contribution in [3.63, 3.8) is 0 Å². The van der Waals surface area contributed by atoms with Crippen LogP contribution in [0.1, 0.15) is 18.9 Å². The van der Waals surface area contributed by atoms with E-state index >= 15 is 0 Å². The maximum absolute atomic E-state index is 14.1. The van der Waals surface area contributed by atoms with Gasteiger partial charge in [-0.3, -0.25) is 4.98 Å². The zero-order chi connectivity index (χ0) is 13.7. The maximum Gasteiger partial charge on any atom is 0.152 e. The highest BCUT2D eigenvalue weighted by Crippen LogP contribution is 2.41. The topological polar surface area (TPSA) is 30.7 Å². The Morgan fingerprint density at radius 1 is 1.20 bits per heavy atom. The number of hydrogen-bond donors (Lipinski definition) is 0. The first-order valence-electron chi connectivity index (χ1n) is 6.51. The standard InChI is InChI=1S/C15H11F2N3/c16-10-6-12(17)14-13(7-10)19-15(20(14)11-3-4-11)9-2-1-5-18-8-9/h1-2,5-8,11H,3-4H2. The molecule has 2 heterocycles. The number of fused-ring (bicyclic) bond motifs is 1. The fraction of sp³-hybridized carbons (Fsp3) is 0.200. The number of hydrogen-bond acceptors (Lipinski definition) is 2. The van der Waals surface area contributed by atoms with Gasteiger partial charge in [-0.2, -0.15) is 0 Å². The lowest BCUT2D eigenvalue weighted by Crippen LogP contribution is -1.99. The molecular weight excluding hydrogens is 260 g/mol. The van der Waals surface area contributed by atoms with Crippen LogP contribution < -0.4 is 0 Å². The van der Waals surface area contributed by atoms with Crippen molar-refractivity contribution in [2.24, 2.45) is 0 Å². The van der Waals surface area contributed by atoms with Crippen LogP contribution >= 0.6 is 0 Å². The average molecular weight is 271 g/mol. The minimum absolute atomic E-state index is 0.246. The van der Waals surface area contributed by atoms with Gasteiger partial charge in [0.05, 0.1) is 5.52 Å². The second kappa shape index (κ2) is 4.10. The molecule has 1 saturated carbocycles. The van der Waals surface area contributed by atoms with Crippen LogP contribution in [0.4, 0.5) is 8.78 Å². The minimum Gasteiger partial charge on any atom is -0.318 e. The third kappa shape index (κ3) is 1.70. The molecule has 1 aliphatic carbocycles. The van der Waals surface area contributed by atoms with Gasteiger partial charge in [-0.05, 0) is 25.0 Å². The van der Waals surface area contributed by atoms with E-state index < -0.39 is 11.6 Å². The van der Waals surface area contributed by atoms with Crippen LogP contribution in [0.25, 0.3) is 22.4 Å². The van der Waals surface area contributed by atoms with Crippen LogP contribution in [0.3, 0.4) is 0 Å². The lowest BCUT2D eigenvalue weighted by molar-refractivity contribution is 0.585. The monoisotopic (exact) mass is 271 g/mol. The molecule has 0 saturated heterocycles. The molecule has 0 radical (unpaired) electrons. The van der Waals surface area contributed by atoms with Crippen molar-refractivity contribution in [3.8, 4) is 11.4 Å². The predicted octanol–water partition coefficient (Wildman–Crippen LogP) is 3.71. The second-order valence-corrected chi connectivity index (χ2v) is 5.03. The first-order chi connectivity index (χ1) is 9.74. The van der Waals surface area contributed by atoms with Gasteiger partial charge < -0.3 is 4.57 Å². The summed E-state index contributed by atoms with van der Waals surface area (Å²) in [6.07, 6.45) is 5.35. The van der Waals surface area contributed by atoms with Crippen molar-refractivity contribution < 1.29 is 8.78 Å². The maximum atomic E-state index is 14.1. The Balaban J connectivity index is 2.06. The van der Waals surface area contributed by atoms with Crippen LogP contribution in [-0.2, 0) is 0 Å². The van der Waals surface area contributed by atoms with E-state index in [1.807, 2.05) is 16.7 Å². The normalized spacial score (nSPS) is 14.9. The number of aromatic nitrogens is 3. The molecule has 0 bridgehead atoms. The van der Waals surface area contributed by atoms with Gasteiger partial charge in [-0.25, -0.2) is 13.8 Å². The smallest absolute Gasteiger partial charge is 0.152 e. The Bertz CT molecular complexity index is 792. The summed E-state index contributed by atoms with van der Waals surface area (Å²) in [5.41, 5.74) is 1.55. The highest BCUT2D eigenvalue weighted by atomic mass is 19.1. The van der Waals surface area contributed by atoms with E-state index in [-0.39, 0.29) is 6.04 Å². The molecule has 0 aliphatic heterocycles. The van der Waals surface area contributed by atoms with Gasteiger partial charge in [0.15, 0.2) is 5.82 Å². The number of halogens is 2. The van der Waals surface area contributed by atoms with E-state index in [2.05, 4.69) is 9.97 Å². The summed E-state index contributed by atoms with van der Waals surface area (Å²) in [7, 11) is 0. The summed E-state index contributed by atoms with van der Waals surface area (Å²) in [6.45, 7) is 0. The molecule has 0 unspecified atom stereocenters. The van der Waals surface area contributed by atoms with Crippen LogP contribution in [0.15, 0.2) is 36.7 Å². The number of pyridine rings is 1. The summed E-state index contributed by atoms with van der Waals surface area (Å²) in [5.74, 6) is -0.511. The first-order valence-corrected chi connectivity index (χ1v) is 6.51. The molecule has 0 N–H and O–H groups in total. The lowest BCUT2D eigenvalue weighted by atomic mass is 10.2. The predicted molar refractivity (Wildman–Crippen MR) is 71.2 cm³/mol. The summed E-state index contributed by atoms with van der Waals surface area (Å²) in [6, 6.07) is 6.12. The Morgan fingerprint density at radius 3 is 2.75 bits per heavy atom. The van der Waals surface area contributed by atoms with Crippen LogP contribution in [-0.4, -0.2) is 14.5 Å². The number of rotatable bonds is 2. The Kier molecular flexibility index (Phi) is 2.36. The molecule has 1 aliphatic rings. The Labute approximate surface area is 113 Å². The van der Waals surface area contributed by atoms with Crippen LogP contribution in [0.2, 0.25) is 0 Å². The zero-order valence-corrected chi connectivity index (χ0v) is 10.6. The van der Waals surface area contributed by atoms with Gasteiger partial charge in [-0.15, -0.1) is 0 Å². The van der Waals surface area contributed by atoms with Crippen molar-refractivity contribution in [1.82, 2.24) is 14.5 Å². The third-order valence-electron chi connectivity index (χ3n) is 3.54. The van der Waals surface area contributed by atoms with E-state index in [0.717, 1.165) is 24.5 Å². The molecule has 1 fully saturated rings. The molecule has 0 amide bonds. The molecule has 20 heavy (non-hydrogen) atoms. The van der Waals surface area contributed by atoms with Crippen molar-refractivity contribution in [2.75, 3.05) is 0 Å². The molecule has 3 aromatic rings. The molecule has 0 spiro atoms. The zero-order valence-electron chi connectivity index (χ0n) is 10.6. The van der Waals surface area contributed by atoms with E-state index in [0.29, 0.717) is 16.9 Å². The van der Waals surface area contributed by atoms with Gasteiger partial charge in [0.2, 0.25) is 0 Å². The molecule has 100 valence electrons. The average Bonchev–Trinajstić information content (AvgIpc) is 3.20. The van der Waals surface area contributed by atoms with E-state index in [9.17, 15) is 8.78 Å². The molecular formula is C15H11F2N3. The minimum atomic E-state index is -0.604. The molecule has 2 aromatic heterocycles. The van der Waals surface area contributed by atoms with Gasteiger partial charge >= 0.3 is 0 Å². The van der Waals surface area contributed by atoms with Gasteiger partial charge in [0, 0.05) is 36.1 Å². The van der Waals surface area contributed by atoms with Crippen LogP contribution in [0.5, 0.6) is 0 Å². The first kappa shape index (κ1) is 11.5. The third-order valence-corrected chi connectivity index (χ3v) is 3.54. The highest BCUT2D eigenvalue weighted by molar-refractivity contribution is 5.81.